The normalized spacial score (nSPS) is 12.0. The first-order valence-corrected chi connectivity index (χ1v) is 7.15. The molecule has 1 N–H and O–H groups in total. The van der Waals surface area contributed by atoms with Crippen LogP contribution in [0.1, 0.15) is 32.1 Å². The fourth-order valence-corrected chi connectivity index (χ4v) is 3.33. The van der Waals surface area contributed by atoms with Crippen molar-refractivity contribution >= 4 is 27.3 Å². The molecular weight excluding hydrogens is 270 g/mol. The molecule has 1 aromatic rings. The zero-order valence-electron chi connectivity index (χ0n) is 9.77. The monoisotopic (exact) mass is 289 g/mol. The van der Waals surface area contributed by atoms with Gasteiger partial charge in [-0.25, -0.2) is 0 Å². The smallest absolute Gasteiger partial charge is 0.0314 e. The largest absolute Gasteiger partial charge is 0.317 e. The first-order chi connectivity index (χ1) is 7.05. The lowest BCUT2D eigenvalue weighted by atomic mass is 9.85. The van der Waals surface area contributed by atoms with Gasteiger partial charge in [0.2, 0.25) is 0 Å². The van der Waals surface area contributed by atoms with Crippen LogP contribution in [0, 0.1) is 5.41 Å². The maximum absolute atomic E-state index is 3.60. The van der Waals surface area contributed by atoms with E-state index in [1.807, 2.05) is 11.3 Å². The molecule has 0 radical (unpaired) electrons. The fourth-order valence-electron chi connectivity index (χ4n) is 1.58. The quantitative estimate of drug-likeness (QED) is 0.778. The third-order valence-electron chi connectivity index (χ3n) is 2.56. The molecule has 0 bridgehead atoms. The Hall–Kier alpha value is 0.140. The second-order valence-electron chi connectivity index (χ2n) is 4.64. The lowest BCUT2D eigenvalue weighted by molar-refractivity contribution is 0.328. The van der Waals surface area contributed by atoms with Gasteiger partial charge in [0.25, 0.3) is 0 Å². The third kappa shape index (κ3) is 4.66. The van der Waals surface area contributed by atoms with E-state index in [1.54, 1.807) is 0 Å². The van der Waals surface area contributed by atoms with Crippen LogP contribution in [0.5, 0.6) is 0 Å². The van der Waals surface area contributed by atoms with Crippen molar-refractivity contribution in [1.82, 2.24) is 5.32 Å². The zero-order valence-corrected chi connectivity index (χ0v) is 12.2. The maximum atomic E-state index is 3.60. The van der Waals surface area contributed by atoms with E-state index in [0.29, 0.717) is 5.41 Å². The Kier molecular flexibility index (Phi) is 5.30. The van der Waals surface area contributed by atoms with E-state index in [1.165, 1.54) is 15.8 Å². The summed E-state index contributed by atoms with van der Waals surface area (Å²) in [6, 6.07) is 2.14. The molecule has 0 aliphatic carbocycles. The lowest BCUT2D eigenvalue weighted by Crippen LogP contribution is -2.23. The Morgan fingerprint density at radius 2 is 2.20 bits per heavy atom. The minimum absolute atomic E-state index is 0.384. The highest BCUT2D eigenvalue weighted by Crippen LogP contribution is 2.32. The SMILES string of the molecule is CCNCCC(C)(C)Cc1sccc1Br. The molecule has 0 atom stereocenters. The van der Waals surface area contributed by atoms with Gasteiger partial charge in [0, 0.05) is 9.35 Å². The number of nitrogens with one attached hydrogen (secondary N) is 1. The first kappa shape index (κ1) is 13.2. The summed E-state index contributed by atoms with van der Waals surface area (Å²) in [6.07, 6.45) is 2.39. The van der Waals surface area contributed by atoms with E-state index >= 15 is 0 Å². The molecular formula is C12H20BrNS. The number of halogens is 1. The van der Waals surface area contributed by atoms with Crippen molar-refractivity contribution in [3.05, 3.63) is 20.8 Å². The minimum atomic E-state index is 0.384. The third-order valence-corrected chi connectivity index (χ3v) is 4.49. The summed E-state index contributed by atoms with van der Waals surface area (Å²) in [7, 11) is 0. The average molecular weight is 290 g/mol. The average Bonchev–Trinajstić information content (AvgIpc) is 2.51. The minimum Gasteiger partial charge on any atom is -0.317 e. The van der Waals surface area contributed by atoms with Crippen LogP contribution in [0.15, 0.2) is 15.9 Å². The van der Waals surface area contributed by atoms with Gasteiger partial charge in [0.15, 0.2) is 0 Å². The van der Waals surface area contributed by atoms with Crippen LogP contribution < -0.4 is 5.32 Å². The summed E-state index contributed by atoms with van der Waals surface area (Å²) in [5, 5.41) is 5.54. The van der Waals surface area contributed by atoms with Gasteiger partial charge >= 0.3 is 0 Å². The van der Waals surface area contributed by atoms with Gasteiger partial charge in [-0.3, -0.25) is 0 Å². The molecule has 15 heavy (non-hydrogen) atoms. The van der Waals surface area contributed by atoms with Crippen LogP contribution in [0.2, 0.25) is 0 Å². The molecule has 0 aromatic carbocycles. The number of hydrogen-bond acceptors (Lipinski definition) is 2. The van der Waals surface area contributed by atoms with E-state index in [9.17, 15) is 0 Å². The van der Waals surface area contributed by atoms with Crippen molar-refractivity contribution in [2.24, 2.45) is 5.41 Å². The van der Waals surface area contributed by atoms with Gasteiger partial charge in [0.05, 0.1) is 0 Å². The van der Waals surface area contributed by atoms with E-state index in [0.717, 1.165) is 19.5 Å². The highest BCUT2D eigenvalue weighted by molar-refractivity contribution is 9.10. The summed E-state index contributed by atoms with van der Waals surface area (Å²) in [4.78, 5) is 1.47. The molecule has 0 saturated heterocycles. The molecule has 1 rings (SSSR count). The van der Waals surface area contributed by atoms with Gasteiger partial charge in [-0.15, -0.1) is 11.3 Å². The van der Waals surface area contributed by atoms with Gasteiger partial charge in [-0.1, -0.05) is 20.8 Å². The van der Waals surface area contributed by atoms with Gasteiger partial charge in [-0.05, 0) is 58.7 Å². The summed E-state index contributed by atoms with van der Waals surface area (Å²) < 4.78 is 1.27. The van der Waals surface area contributed by atoms with Crippen LogP contribution in [0.4, 0.5) is 0 Å². The van der Waals surface area contributed by atoms with E-state index in [-0.39, 0.29) is 0 Å². The van der Waals surface area contributed by atoms with Crippen molar-refractivity contribution in [2.75, 3.05) is 13.1 Å². The van der Waals surface area contributed by atoms with Gasteiger partial charge < -0.3 is 5.32 Å². The van der Waals surface area contributed by atoms with Crippen LogP contribution in [0.3, 0.4) is 0 Å². The molecule has 0 saturated carbocycles. The second-order valence-corrected chi connectivity index (χ2v) is 6.49. The molecule has 0 amide bonds. The van der Waals surface area contributed by atoms with Crippen molar-refractivity contribution < 1.29 is 0 Å². The van der Waals surface area contributed by atoms with Gasteiger partial charge in [0.1, 0.15) is 0 Å². The lowest BCUT2D eigenvalue weighted by Gasteiger charge is -2.24. The standard InChI is InChI=1S/C12H20BrNS/c1-4-14-7-6-12(2,3)9-11-10(13)5-8-15-11/h5,8,14H,4,6-7,9H2,1-3H3. The van der Waals surface area contributed by atoms with Crippen LogP contribution in [0.25, 0.3) is 0 Å². The van der Waals surface area contributed by atoms with Crippen LogP contribution >= 0.6 is 27.3 Å². The molecule has 0 aliphatic heterocycles. The molecule has 0 spiro atoms. The first-order valence-electron chi connectivity index (χ1n) is 5.48. The zero-order chi connectivity index (χ0) is 11.3. The van der Waals surface area contributed by atoms with E-state index < -0.39 is 0 Å². The Morgan fingerprint density at radius 3 is 2.73 bits per heavy atom. The van der Waals surface area contributed by atoms with Crippen molar-refractivity contribution in [2.45, 2.75) is 33.6 Å². The van der Waals surface area contributed by atoms with E-state index in [2.05, 4.69) is 53.5 Å². The number of rotatable bonds is 6. The van der Waals surface area contributed by atoms with Crippen molar-refractivity contribution in [3.63, 3.8) is 0 Å². The molecule has 1 aromatic heterocycles. The van der Waals surface area contributed by atoms with E-state index in [4.69, 9.17) is 0 Å². The molecule has 1 nitrogen and oxygen atoms in total. The molecule has 0 aliphatic rings. The molecule has 86 valence electrons. The Labute approximate surface area is 105 Å². The molecule has 1 heterocycles. The Morgan fingerprint density at radius 1 is 1.47 bits per heavy atom. The number of thiophene rings is 1. The predicted octanol–water partition coefficient (Wildman–Crippen LogP) is 4.08. The highest BCUT2D eigenvalue weighted by atomic mass is 79.9. The second kappa shape index (κ2) is 6.02. The number of hydrogen-bond donors (Lipinski definition) is 1. The molecule has 3 heteroatoms. The highest BCUT2D eigenvalue weighted by Gasteiger charge is 2.19. The van der Waals surface area contributed by atoms with Gasteiger partial charge in [-0.2, -0.15) is 0 Å². The molecule has 0 fully saturated rings. The van der Waals surface area contributed by atoms with Crippen LogP contribution in [-0.4, -0.2) is 13.1 Å². The fraction of sp³-hybridized carbons (Fsp3) is 0.667. The van der Waals surface area contributed by atoms with Crippen molar-refractivity contribution in [3.8, 4) is 0 Å². The summed E-state index contributed by atoms with van der Waals surface area (Å²) in [5.74, 6) is 0. The van der Waals surface area contributed by atoms with Crippen molar-refractivity contribution in [1.29, 1.82) is 0 Å². The summed E-state index contributed by atoms with van der Waals surface area (Å²) in [5.41, 5.74) is 0.384. The Bertz CT molecular complexity index is 294. The molecule has 0 unspecified atom stereocenters. The predicted molar refractivity (Wildman–Crippen MR) is 72.7 cm³/mol. The topological polar surface area (TPSA) is 12.0 Å². The maximum Gasteiger partial charge on any atom is 0.0314 e. The van der Waals surface area contributed by atoms with Crippen LogP contribution in [-0.2, 0) is 6.42 Å². The summed E-state index contributed by atoms with van der Waals surface area (Å²) in [6.45, 7) is 9.03. The summed E-state index contributed by atoms with van der Waals surface area (Å²) >= 11 is 5.44. The Balaban J connectivity index is 2.45.